The van der Waals surface area contributed by atoms with Crippen LogP contribution in [0.25, 0.3) is 0 Å². The van der Waals surface area contributed by atoms with Crippen LogP contribution in [0.5, 0.6) is 0 Å². The molecule has 15 heavy (non-hydrogen) atoms. The Morgan fingerprint density at radius 2 is 1.80 bits per heavy atom. The third kappa shape index (κ3) is 3.32. The lowest BCUT2D eigenvalue weighted by Gasteiger charge is -2.10. The maximum absolute atomic E-state index is 11.8. The molecule has 1 aromatic carbocycles. The van der Waals surface area contributed by atoms with E-state index in [0.29, 0.717) is 4.90 Å². The van der Waals surface area contributed by atoms with Gasteiger partial charge in [0.15, 0.2) is 9.84 Å². The standard InChI is InChI=1S/C11H16O3S/c1-9-4-6-11(7-5-9)15(12,13)8-10(2)14-3/h4-7,10H,8H2,1-3H3. The summed E-state index contributed by atoms with van der Waals surface area (Å²) in [4.78, 5) is 0.358. The number of benzene rings is 1. The number of rotatable bonds is 4. The second kappa shape index (κ2) is 4.77. The summed E-state index contributed by atoms with van der Waals surface area (Å²) in [5.41, 5.74) is 1.05. The minimum Gasteiger partial charge on any atom is -0.381 e. The maximum atomic E-state index is 11.8. The molecular formula is C11H16O3S. The third-order valence-corrected chi connectivity index (χ3v) is 4.14. The van der Waals surface area contributed by atoms with E-state index in [9.17, 15) is 8.42 Å². The van der Waals surface area contributed by atoms with Gasteiger partial charge in [-0.3, -0.25) is 0 Å². The van der Waals surface area contributed by atoms with Crippen molar-refractivity contribution in [2.45, 2.75) is 24.8 Å². The van der Waals surface area contributed by atoms with Gasteiger partial charge in [-0.05, 0) is 26.0 Å². The quantitative estimate of drug-likeness (QED) is 0.789. The van der Waals surface area contributed by atoms with Crippen molar-refractivity contribution >= 4 is 9.84 Å². The van der Waals surface area contributed by atoms with Gasteiger partial charge in [0.25, 0.3) is 0 Å². The first kappa shape index (κ1) is 12.2. The zero-order chi connectivity index (χ0) is 11.5. The molecular weight excluding hydrogens is 212 g/mol. The summed E-state index contributed by atoms with van der Waals surface area (Å²) in [6.45, 7) is 3.67. The van der Waals surface area contributed by atoms with Crippen molar-refractivity contribution in [2.24, 2.45) is 0 Å². The van der Waals surface area contributed by atoms with Crippen LogP contribution in [0, 0.1) is 6.92 Å². The van der Waals surface area contributed by atoms with E-state index in [4.69, 9.17) is 4.74 Å². The van der Waals surface area contributed by atoms with Gasteiger partial charge in [-0.25, -0.2) is 8.42 Å². The summed E-state index contributed by atoms with van der Waals surface area (Å²) >= 11 is 0. The highest BCUT2D eigenvalue weighted by molar-refractivity contribution is 7.91. The fourth-order valence-corrected chi connectivity index (χ4v) is 2.72. The van der Waals surface area contributed by atoms with Gasteiger partial charge in [0, 0.05) is 7.11 Å². The van der Waals surface area contributed by atoms with E-state index in [1.165, 1.54) is 7.11 Å². The molecule has 0 aliphatic carbocycles. The molecule has 0 saturated heterocycles. The van der Waals surface area contributed by atoms with Gasteiger partial charge >= 0.3 is 0 Å². The summed E-state index contributed by atoms with van der Waals surface area (Å²) in [7, 11) is -1.70. The average molecular weight is 228 g/mol. The number of ether oxygens (including phenoxy) is 1. The van der Waals surface area contributed by atoms with Gasteiger partial charge < -0.3 is 4.74 Å². The Morgan fingerprint density at radius 1 is 1.27 bits per heavy atom. The van der Waals surface area contributed by atoms with Crippen LogP contribution in [0.2, 0.25) is 0 Å². The van der Waals surface area contributed by atoms with Crippen LogP contribution in [0.1, 0.15) is 12.5 Å². The van der Waals surface area contributed by atoms with Crippen molar-refractivity contribution in [3.8, 4) is 0 Å². The van der Waals surface area contributed by atoms with Gasteiger partial charge in [0.05, 0.1) is 16.8 Å². The number of hydrogen-bond donors (Lipinski definition) is 0. The van der Waals surface area contributed by atoms with E-state index in [2.05, 4.69) is 0 Å². The SMILES string of the molecule is COC(C)CS(=O)(=O)c1ccc(C)cc1. The molecule has 0 radical (unpaired) electrons. The predicted octanol–water partition coefficient (Wildman–Crippen LogP) is 1.80. The second-order valence-electron chi connectivity index (χ2n) is 3.64. The molecule has 4 heteroatoms. The fourth-order valence-electron chi connectivity index (χ4n) is 1.22. The van der Waals surface area contributed by atoms with Crippen LogP contribution in [0.15, 0.2) is 29.2 Å². The van der Waals surface area contributed by atoms with E-state index in [0.717, 1.165) is 5.56 Å². The molecule has 1 aromatic rings. The highest BCUT2D eigenvalue weighted by Crippen LogP contribution is 2.13. The summed E-state index contributed by atoms with van der Waals surface area (Å²) in [6.07, 6.45) is -0.281. The van der Waals surface area contributed by atoms with Gasteiger partial charge in [-0.1, -0.05) is 17.7 Å². The molecule has 0 bridgehead atoms. The van der Waals surface area contributed by atoms with Crippen LogP contribution >= 0.6 is 0 Å². The lowest BCUT2D eigenvalue weighted by molar-refractivity contribution is 0.136. The van der Waals surface area contributed by atoms with Crippen LogP contribution in [0.3, 0.4) is 0 Å². The molecule has 84 valence electrons. The first-order valence-electron chi connectivity index (χ1n) is 4.78. The number of aryl methyl sites for hydroxylation is 1. The van der Waals surface area contributed by atoms with Gasteiger partial charge in [0.1, 0.15) is 0 Å². The summed E-state index contributed by atoms with van der Waals surface area (Å²) in [5, 5.41) is 0. The minimum atomic E-state index is -3.21. The van der Waals surface area contributed by atoms with Gasteiger partial charge in [0.2, 0.25) is 0 Å². The monoisotopic (exact) mass is 228 g/mol. The molecule has 1 atom stereocenters. The van der Waals surface area contributed by atoms with Crippen molar-refractivity contribution in [1.29, 1.82) is 0 Å². The molecule has 0 spiro atoms. The Hall–Kier alpha value is -0.870. The molecule has 3 nitrogen and oxygen atoms in total. The topological polar surface area (TPSA) is 43.4 Å². The molecule has 0 N–H and O–H groups in total. The molecule has 0 heterocycles. The highest BCUT2D eigenvalue weighted by atomic mass is 32.2. The zero-order valence-corrected chi connectivity index (χ0v) is 10.0. The van der Waals surface area contributed by atoms with Gasteiger partial charge in [-0.2, -0.15) is 0 Å². The van der Waals surface area contributed by atoms with E-state index in [1.807, 2.05) is 6.92 Å². The lowest BCUT2D eigenvalue weighted by atomic mass is 10.2. The third-order valence-electron chi connectivity index (χ3n) is 2.24. The summed E-state index contributed by atoms with van der Waals surface area (Å²) < 4.78 is 28.6. The molecule has 1 unspecified atom stereocenters. The summed E-state index contributed by atoms with van der Waals surface area (Å²) in [5.74, 6) is 0.0204. The van der Waals surface area contributed by atoms with E-state index in [1.54, 1.807) is 31.2 Å². The predicted molar refractivity (Wildman–Crippen MR) is 59.7 cm³/mol. The first-order valence-corrected chi connectivity index (χ1v) is 6.43. The molecule has 0 aromatic heterocycles. The fraction of sp³-hybridized carbons (Fsp3) is 0.455. The lowest BCUT2D eigenvalue weighted by Crippen LogP contribution is -2.19. The molecule has 0 saturated carbocycles. The van der Waals surface area contributed by atoms with Crippen molar-refractivity contribution in [1.82, 2.24) is 0 Å². The average Bonchev–Trinajstić information content (AvgIpc) is 2.17. The van der Waals surface area contributed by atoms with E-state index >= 15 is 0 Å². The van der Waals surface area contributed by atoms with E-state index in [-0.39, 0.29) is 11.9 Å². The first-order chi connectivity index (χ1) is 6.95. The van der Waals surface area contributed by atoms with E-state index < -0.39 is 9.84 Å². The largest absolute Gasteiger partial charge is 0.381 e. The van der Waals surface area contributed by atoms with Crippen molar-refractivity contribution in [2.75, 3.05) is 12.9 Å². The minimum absolute atomic E-state index is 0.0204. The number of methoxy groups -OCH3 is 1. The molecule has 0 fully saturated rings. The normalized spacial score (nSPS) is 13.8. The molecule has 0 aliphatic heterocycles. The Morgan fingerprint density at radius 3 is 2.27 bits per heavy atom. The van der Waals surface area contributed by atoms with Crippen LogP contribution in [-0.4, -0.2) is 27.4 Å². The maximum Gasteiger partial charge on any atom is 0.180 e. The number of hydrogen-bond acceptors (Lipinski definition) is 3. The van der Waals surface area contributed by atoms with Crippen molar-refractivity contribution in [3.05, 3.63) is 29.8 Å². The Kier molecular flexibility index (Phi) is 3.88. The van der Waals surface area contributed by atoms with Gasteiger partial charge in [-0.15, -0.1) is 0 Å². The second-order valence-corrected chi connectivity index (χ2v) is 5.68. The smallest absolute Gasteiger partial charge is 0.180 e. The number of sulfone groups is 1. The Labute approximate surface area is 91.0 Å². The van der Waals surface area contributed by atoms with Crippen LogP contribution in [-0.2, 0) is 14.6 Å². The zero-order valence-electron chi connectivity index (χ0n) is 9.23. The van der Waals surface area contributed by atoms with Crippen molar-refractivity contribution in [3.63, 3.8) is 0 Å². The Balaban J connectivity index is 2.91. The molecule has 1 rings (SSSR count). The van der Waals surface area contributed by atoms with Crippen LogP contribution in [0.4, 0.5) is 0 Å². The Bertz CT molecular complexity index is 406. The highest BCUT2D eigenvalue weighted by Gasteiger charge is 2.17. The molecule has 0 amide bonds. The molecule has 0 aliphatic rings. The van der Waals surface area contributed by atoms with Crippen molar-refractivity contribution < 1.29 is 13.2 Å². The summed E-state index contributed by atoms with van der Waals surface area (Å²) in [6, 6.07) is 6.86. The van der Waals surface area contributed by atoms with Crippen LogP contribution < -0.4 is 0 Å².